The maximum absolute atomic E-state index is 12.2. The smallest absolute Gasteiger partial charge is 0.319 e. The SMILES string of the molecule is Cc1ccc(NC(=O)N[C@H]2C[C@H]3C(=O)N[C@@H](CO)C(=O)N3C2)cc1C. The summed E-state index contributed by atoms with van der Waals surface area (Å²) in [5, 5.41) is 17.3. The van der Waals surface area contributed by atoms with Gasteiger partial charge in [0, 0.05) is 12.2 Å². The van der Waals surface area contributed by atoms with Gasteiger partial charge in [-0.25, -0.2) is 4.79 Å². The van der Waals surface area contributed by atoms with Gasteiger partial charge in [0.25, 0.3) is 0 Å². The Balaban J connectivity index is 1.60. The second kappa shape index (κ2) is 6.72. The molecule has 25 heavy (non-hydrogen) atoms. The Bertz CT molecular complexity index is 721. The Labute approximate surface area is 145 Å². The largest absolute Gasteiger partial charge is 0.394 e. The maximum atomic E-state index is 12.2. The molecule has 1 aromatic carbocycles. The lowest BCUT2D eigenvalue weighted by molar-refractivity contribution is -0.148. The Hall–Kier alpha value is -2.61. The number of aryl methyl sites for hydroxylation is 2. The molecular formula is C17H22N4O4. The second-order valence-electron chi connectivity index (χ2n) is 6.58. The minimum absolute atomic E-state index is 0.258. The minimum atomic E-state index is -0.896. The number of carbonyl (C=O) groups excluding carboxylic acids is 3. The van der Waals surface area contributed by atoms with Crippen molar-refractivity contribution in [3.05, 3.63) is 29.3 Å². The van der Waals surface area contributed by atoms with Crippen molar-refractivity contribution in [2.45, 2.75) is 38.4 Å². The number of amides is 4. The molecule has 2 fully saturated rings. The molecular weight excluding hydrogens is 324 g/mol. The molecule has 0 spiro atoms. The van der Waals surface area contributed by atoms with Crippen molar-refractivity contribution < 1.29 is 19.5 Å². The third-order valence-corrected chi connectivity index (χ3v) is 4.78. The number of urea groups is 1. The number of fused-ring (bicyclic) bond motifs is 1. The van der Waals surface area contributed by atoms with Gasteiger partial charge < -0.3 is 26.0 Å². The molecule has 4 amide bonds. The first kappa shape index (κ1) is 17.2. The summed E-state index contributed by atoms with van der Waals surface area (Å²) < 4.78 is 0. The molecule has 3 rings (SSSR count). The van der Waals surface area contributed by atoms with Crippen molar-refractivity contribution in [3.63, 3.8) is 0 Å². The van der Waals surface area contributed by atoms with Gasteiger partial charge in [0.05, 0.1) is 12.6 Å². The van der Waals surface area contributed by atoms with E-state index in [1.807, 2.05) is 32.0 Å². The second-order valence-corrected chi connectivity index (χ2v) is 6.58. The molecule has 4 N–H and O–H groups in total. The number of nitrogens with zero attached hydrogens (tertiary/aromatic N) is 1. The monoisotopic (exact) mass is 346 g/mol. The van der Waals surface area contributed by atoms with Crippen molar-refractivity contribution in [1.29, 1.82) is 0 Å². The third-order valence-electron chi connectivity index (χ3n) is 4.78. The average Bonchev–Trinajstić information content (AvgIpc) is 2.98. The van der Waals surface area contributed by atoms with E-state index < -0.39 is 18.7 Å². The first-order valence-corrected chi connectivity index (χ1v) is 8.25. The lowest BCUT2D eigenvalue weighted by Gasteiger charge is -2.33. The van der Waals surface area contributed by atoms with E-state index in [0.29, 0.717) is 12.1 Å². The zero-order valence-corrected chi connectivity index (χ0v) is 14.2. The number of hydrogen-bond donors (Lipinski definition) is 4. The van der Waals surface area contributed by atoms with E-state index in [2.05, 4.69) is 16.0 Å². The van der Waals surface area contributed by atoms with E-state index in [1.54, 1.807) is 0 Å². The maximum Gasteiger partial charge on any atom is 0.319 e. The fraction of sp³-hybridized carbons (Fsp3) is 0.471. The molecule has 0 radical (unpaired) electrons. The van der Waals surface area contributed by atoms with Crippen LogP contribution in [0.4, 0.5) is 10.5 Å². The van der Waals surface area contributed by atoms with E-state index in [0.717, 1.165) is 11.1 Å². The van der Waals surface area contributed by atoms with Gasteiger partial charge in [0.2, 0.25) is 11.8 Å². The molecule has 134 valence electrons. The summed E-state index contributed by atoms with van der Waals surface area (Å²) in [4.78, 5) is 37.9. The first-order valence-electron chi connectivity index (χ1n) is 8.25. The van der Waals surface area contributed by atoms with Crippen LogP contribution in [0.25, 0.3) is 0 Å². The molecule has 2 aliphatic heterocycles. The van der Waals surface area contributed by atoms with E-state index in [1.165, 1.54) is 4.90 Å². The van der Waals surface area contributed by atoms with Gasteiger partial charge >= 0.3 is 6.03 Å². The van der Waals surface area contributed by atoms with Gasteiger partial charge in [-0.3, -0.25) is 9.59 Å². The Morgan fingerprint density at radius 2 is 2.08 bits per heavy atom. The summed E-state index contributed by atoms with van der Waals surface area (Å²) in [6.45, 7) is 3.79. The van der Waals surface area contributed by atoms with Crippen LogP contribution in [0.15, 0.2) is 18.2 Å². The number of aliphatic hydroxyl groups excluding tert-OH is 1. The van der Waals surface area contributed by atoms with Gasteiger partial charge in [-0.05, 0) is 43.5 Å². The third kappa shape index (κ3) is 3.43. The molecule has 2 saturated heterocycles. The van der Waals surface area contributed by atoms with Gasteiger partial charge in [0.1, 0.15) is 12.1 Å². The Morgan fingerprint density at radius 3 is 2.76 bits per heavy atom. The number of piperazine rings is 1. The molecule has 1 aromatic rings. The summed E-state index contributed by atoms with van der Waals surface area (Å²) >= 11 is 0. The quantitative estimate of drug-likeness (QED) is 0.612. The normalized spacial score (nSPS) is 25.4. The molecule has 3 atom stereocenters. The molecule has 8 nitrogen and oxygen atoms in total. The lowest BCUT2D eigenvalue weighted by atomic mass is 10.1. The average molecular weight is 346 g/mol. The van der Waals surface area contributed by atoms with E-state index in [4.69, 9.17) is 0 Å². The van der Waals surface area contributed by atoms with Crippen LogP contribution >= 0.6 is 0 Å². The summed E-state index contributed by atoms with van der Waals surface area (Å²) in [6, 6.07) is 3.45. The molecule has 8 heteroatoms. The highest BCUT2D eigenvalue weighted by Gasteiger charge is 2.46. The van der Waals surface area contributed by atoms with Crippen LogP contribution in [0.2, 0.25) is 0 Å². The zero-order valence-electron chi connectivity index (χ0n) is 14.2. The van der Waals surface area contributed by atoms with Crippen molar-refractivity contribution in [3.8, 4) is 0 Å². The van der Waals surface area contributed by atoms with E-state index in [9.17, 15) is 19.5 Å². The number of nitrogens with one attached hydrogen (secondary N) is 3. The molecule has 0 bridgehead atoms. The predicted octanol–water partition coefficient (Wildman–Crippen LogP) is -0.115. The van der Waals surface area contributed by atoms with Gasteiger partial charge in [-0.15, -0.1) is 0 Å². The van der Waals surface area contributed by atoms with Crippen LogP contribution < -0.4 is 16.0 Å². The molecule has 2 aliphatic rings. The standard InChI is InChI=1S/C17H22N4O4/c1-9-3-4-11(5-10(9)2)18-17(25)19-12-6-14-15(23)20-13(8-22)16(24)21(14)7-12/h3-5,12-14,22H,6-8H2,1-2H3,(H,20,23)(H2,18,19,25)/t12-,13-,14-/m0/s1. The highest BCUT2D eigenvalue weighted by atomic mass is 16.3. The van der Waals surface area contributed by atoms with Crippen molar-refractivity contribution in [2.24, 2.45) is 0 Å². The number of carbonyl (C=O) groups is 3. The van der Waals surface area contributed by atoms with Crippen molar-refractivity contribution >= 4 is 23.5 Å². The molecule has 0 aromatic heterocycles. The van der Waals surface area contributed by atoms with Crippen LogP contribution in [-0.2, 0) is 9.59 Å². The van der Waals surface area contributed by atoms with Gasteiger partial charge in [-0.1, -0.05) is 6.07 Å². The van der Waals surface area contributed by atoms with Gasteiger partial charge in [0.15, 0.2) is 0 Å². The highest BCUT2D eigenvalue weighted by Crippen LogP contribution is 2.23. The fourth-order valence-corrected chi connectivity index (χ4v) is 3.26. The number of rotatable bonds is 3. The lowest BCUT2D eigenvalue weighted by Crippen LogP contribution is -2.62. The highest BCUT2D eigenvalue weighted by molar-refractivity contribution is 5.98. The molecule has 2 heterocycles. The summed E-state index contributed by atoms with van der Waals surface area (Å²) in [5.74, 6) is -0.608. The van der Waals surface area contributed by atoms with Crippen LogP contribution in [0.1, 0.15) is 17.5 Å². The van der Waals surface area contributed by atoms with Crippen LogP contribution in [0.5, 0.6) is 0 Å². The first-order chi connectivity index (χ1) is 11.9. The number of benzene rings is 1. The summed E-state index contributed by atoms with van der Waals surface area (Å²) in [5.41, 5.74) is 2.90. The zero-order chi connectivity index (χ0) is 18.1. The van der Waals surface area contributed by atoms with Crippen LogP contribution in [0, 0.1) is 13.8 Å². The minimum Gasteiger partial charge on any atom is -0.394 e. The number of anilines is 1. The van der Waals surface area contributed by atoms with Crippen LogP contribution in [0.3, 0.4) is 0 Å². The van der Waals surface area contributed by atoms with E-state index in [-0.39, 0.29) is 30.4 Å². The Kier molecular flexibility index (Phi) is 4.63. The fourth-order valence-electron chi connectivity index (χ4n) is 3.26. The molecule has 0 saturated carbocycles. The van der Waals surface area contributed by atoms with Gasteiger partial charge in [-0.2, -0.15) is 0 Å². The van der Waals surface area contributed by atoms with Crippen molar-refractivity contribution in [2.75, 3.05) is 18.5 Å². The van der Waals surface area contributed by atoms with E-state index >= 15 is 0 Å². The molecule has 0 unspecified atom stereocenters. The van der Waals surface area contributed by atoms with Crippen LogP contribution in [-0.4, -0.2) is 59.1 Å². The number of hydrogen-bond acceptors (Lipinski definition) is 4. The summed E-state index contributed by atoms with van der Waals surface area (Å²) in [7, 11) is 0. The van der Waals surface area contributed by atoms with Crippen molar-refractivity contribution in [1.82, 2.24) is 15.5 Å². The predicted molar refractivity (Wildman–Crippen MR) is 91.0 cm³/mol. The molecule has 0 aliphatic carbocycles. The topological polar surface area (TPSA) is 111 Å². The number of aliphatic hydroxyl groups is 1. The summed E-state index contributed by atoms with van der Waals surface area (Å²) in [6.07, 6.45) is 0.357. The Morgan fingerprint density at radius 1 is 1.32 bits per heavy atom.